The van der Waals surface area contributed by atoms with E-state index >= 15 is 0 Å². The smallest absolute Gasteiger partial charge is 0.331 e. The maximum atomic E-state index is 11.8. The summed E-state index contributed by atoms with van der Waals surface area (Å²) in [5.74, 6) is -0.718. The molecule has 0 bridgehead atoms. The van der Waals surface area contributed by atoms with Gasteiger partial charge in [0, 0.05) is 18.3 Å². The first-order valence-electron chi connectivity index (χ1n) is 5.55. The van der Waals surface area contributed by atoms with E-state index in [9.17, 15) is 9.59 Å². The largest absolute Gasteiger partial charge is 0.467 e. The summed E-state index contributed by atoms with van der Waals surface area (Å²) in [6.45, 7) is 4.67. The van der Waals surface area contributed by atoms with Gasteiger partial charge in [0.1, 0.15) is 5.54 Å². The lowest BCUT2D eigenvalue weighted by Crippen LogP contribution is -2.53. The first kappa shape index (κ1) is 14.0. The van der Waals surface area contributed by atoms with Gasteiger partial charge in [-0.1, -0.05) is 0 Å². The van der Waals surface area contributed by atoms with Crippen molar-refractivity contribution < 1.29 is 14.3 Å². The predicted octanol–water partition coefficient (Wildman–Crippen LogP) is 1.57. The van der Waals surface area contributed by atoms with E-state index in [-0.39, 0.29) is 5.91 Å². The van der Waals surface area contributed by atoms with Gasteiger partial charge in [-0.2, -0.15) is 0 Å². The SMILES string of the molecule is COC(=O)C(C)(C)N(C(C)=O)c1ccc(N)cc1. The lowest BCUT2D eigenvalue weighted by Gasteiger charge is -2.35. The van der Waals surface area contributed by atoms with Gasteiger partial charge < -0.3 is 10.5 Å². The lowest BCUT2D eigenvalue weighted by molar-refractivity contribution is -0.147. The zero-order valence-electron chi connectivity index (χ0n) is 11.1. The number of ether oxygens (including phenoxy) is 1. The van der Waals surface area contributed by atoms with Crippen LogP contribution in [-0.2, 0) is 14.3 Å². The van der Waals surface area contributed by atoms with Crippen LogP contribution in [-0.4, -0.2) is 24.5 Å². The van der Waals surface area contributed by atoms with Gasteiger partial charge >= 0.3 is 5.97 Å². The van der Waals surface area contributed by atoms with Crippen molar-refractivity contribution in [2.45, 2.75) is 26.3 Å². The summed E-state index contributed by atoms with van der Waals surface area (Å²) in [5.41, 5.74) is 5.73. The van der Waals surface area contributed by atoms with Crippen LogP contribution in [0.4, 0.5) is 11.4 Å². The highest BCUT2D eigenvalue weighted by atomic mass is 16.5. The van der Waals surface area contributed by atoms with E-state index in [1.54, 1.807) is 38.1 Å². The van der Waals surface area contributed by atoms with Crippen LogP contribution in [0.15, 0.2) is 24.3 Å². The lowest BCUT2D eigenvalue weighted by atomic mass is 10.0. The number of hydrogen-bond donors (Lipinski definition) is 1. The average Bonchev–Trinajstić information content (AvgIpc) is 2.30. The summed E-state index contributed by atoms with van der Waals surface area (Å²) in [5, 5.41) is 0. The fraction of sp³-hybridized carbons (Fsp3) is 0.385. The van der Waals surface area contributed by atoms with Crippen molar-refractivity contribution >= 4 is 23.3 Å². The van der Waals surface area contributed by atoms with Crippen LogP contribution in [0.3, 0.4) is 0 Å². The number of methoxy groups -OCH3 is 1. The molecule has 0 aromatic heterocycles. The molecule has 0 unspecified atom stereocenters. The molecule has 1 rings (SSSR count). The first-order valence-corrected chi connectivity index (χ1v) is 5.55. The van der Waals surface area contributed by atoms with Gasteiger partial charge in [0.2, 0.25) is 5.91 Å². The van der Waals surface area contributed by atoms with Crippen LogP contribution in [0.2, 0.25) is 0 Å². The summed E-state index contributed by atoms with van der Waals surface area (Å²) in [6.07, 6.45) is 0. The molecule has 1 aromatic carbocycles. The van der Waals surface area contributed by atoms with E-state index < -0.39 is 11.5 Å². The summed E-state index contributed by atoms with van der Waals surface area (Å²) in [7, 11) is 1.30. The van der Waals surface area contributed by atoms with Gasteiger partial charge in [0.15, 0.2) is 0 Å². The molecule has 1 amide bonds. The molecule has 0 aliphatic rings. The third-order valence-corrected chi connectivity index (χ3v) is 2.71. The molecule has 0 saturated heterocycles. The molecule has 0 fully saturated rings. The monoisotopic (exact) mass is 250 g/mol. The molecule has 2 N–H and O–H groups in total. The second kappa shape index (κ2) is 5.08. The molecule has 98 valence electrons. The van der Waals surface area contributed by atoms with Crippen molar-refractivity contribution in [1.82, 2.24) is 0 Å². The molecule has 0 spiro atoms. The van der Waals surface area contributed by atoms with Crippen molar-refractivity contribution in [3.63, 3.8) is 0 Å². The highest BCUT2D eigenvalue weighted by Crippen LogP contribution is 2.26. The van der Waals surface area contributed by atoms with Gasteiger partial charge in [-0.3, -0.25) is 9.69 Å². The Kier molecular flexibility index (Phi) is 3.96. The van der Waals surface area contributed by atoms with Crippen molar-refractivity contribution in [2.24, 2.45) is 0 Å². The Morgan fingerprint density at radius 2 is 1.72 bits per heavy atom. The van der Waals surface area contributed by atoms with Crippen LogP contribution in [0.1, 0.15) is 20.8 Å². The molecule has 5 heteroatoms. The third-order valence-electron chi connectivity index (χ3n) is 2.71. The minimum Gasteiger partial charge on any atom is -0.467 e. The summed E-state index contributed by atoms with van der Waals surface area (Å²) < 4.78 is 4.73. The fourth-order valence-electron chi connectivity index (χ4n) is 1.86. The number of nitrogens with zero attached hydrogens (tertiary/aromatic N) is 1. The molecule has 0 atom stereocenters. The Hall–Kier alpha value is -2.04. The minimum atomic E-state index is -1.07. The minimum absolute atomic E-state index is 0.241. The molecular weight excluding hydrogens is 232 g/mol. The number of nitrogen functional groups attached to an aromatic ring is 1. The van der Waals surface area contributed by atoms with Crippen LogP contribution < -0.4 is 10.6 Å². The van der Waals surface area contributed by atoms with Crippen LogP contribution >= 0.6 is 0 Å². The number of esters is 1. The van der Waals surface area contributed by atoms with Crippen molar-refractivity contribution in [3.05, 3.63) is 24.3 Å². The number of carbonyl (C=O) groups is 2. The second-order valence-corrected chi connectivity index (χ2v) is 4.50. The summed E-state index contributed by atoms with van der Waals surface area (Å²) in [6, 6.07) is 6.75. The van der Waals surface area contributed by atoms with Gasteiger partial charge in [-0.15, -0.1) is 0 Å². The zero-order chi connectivity index (χ0) is 13.9. The molecule has 18 heavy (non-hydrogen) atoms. The molecule has 0 aliphatic carbocycles. The Morgan fingerprint density at radius 3 is 2.11 bits per heavy atom. The van der Waals surface area contributed by atoms with Crippen molar-refractivity contribution in [1.29, 1.82) is 0 Å². The van der Waals surface area contributed by atoms with Crippen molar-refractivity contribution in [3.8, 4) is 0 Å². The standard InChI is InChI=1S/C13H18N2O3/c1-9(16)15(13(2,3)12(17)18-4)11-7-5-10(14)6-8-11/h5-8H,14H2,1-4H3. The Labute approximate surface area is 107 Å². The first-order chi connectivity index (χ1) is 8.30. The van der Waals surface area contributed by atoms with E-state index in [0.29, 0.717) is 11.4 Å². The zero-order valence-corrected chi connectivity index (χ0v) is 11.1. The normalized spacial score (nSPS) is 10.9. The second-order valence-electron chi connectivity index (χ2n) is 4.50. The van der Waals surface area contributed by atoms with E-state index in [4.69, 9.17) is 10.5 Å². The van der Waals surface area contributed by atoms with Crippen LogP contribution in [0.25, 0.3) is 0 Å². The van der Waals surface area contributed by atoms with E-state index in [0.717, 1.165) is 0 Å². The van der Waals surface area contributed by atoms with Crippen LogP contribution in [0.5, 0.6) is 0 Å². The highest BCUT2D eigenvalue weighted by Gasteiger charge is 2.38. The van der Waals surface area contributed by atoms with Crippen molar-refractivity contribution in [2.75, 3.05) is 17.7 Å². The number of carbonyl (C=O) groups excluding carboxylic acids is 2. The molecule has 1 aromatic rings. The number of benzene rings is 1. The quantitative estimate of drug-likeness (QED) is 0.653. The van der Waals surface area contributed by atoms with E-state index in [1.165, 1.54) is 18.9 Å². The van der Waals surface area contributed by atoms with Gasteiger partial charge in [-0.25, -0.2) is 4.79 Å². The average molecular weight is 250 g/mol. The Balaban J connectivity index is 3.22. The van der Waals surface area contributed by atoms with E-state index in [2.05, 4.69) is 0 Å². The molecule has 0 aliphatic heterocycles. The number of anilines is 2. The topological polar surface area (TPSA) is 72.6 Å². The molecule has 5 nitrogen and oxygen atoms in total. The van der Waals surface area contributed by atoms with Gasteiger partial charge in [0.25, 0.3) is 0 Å². The van der Waals surface area contributed by atoms with Gasteiger partial charge in [-0.05, 0) is 38.1 Å². The molecular formula is C13H18N2O3. The maximum absolute atomic E-state index is 11.8. The Bertz CT molecular complexity index is 452. The fourth-order valence-corrected chi connectivity index (χ4v) is 1.86. The summed E-state index contributed by atoms with van der Waals surface area (Å²) >= 11 is 0. The van der Waals surface area contributed by atoms with E-state index in [1.807, 2.05) is 0 Å². The number of rotatable bonds is 3. The molecule has 0 radical (unpaired) electrons. The van der Waals surface area contributed by atoms with Crippen LogP contribution in [0, 0.1) is 0 Å². The molecule has 0 heterocycles. The third kappa shape index (κ3) is 2.61. The summed E-state index contributed by atoms with van der Waals surface area (Å²) in [4.78, 5) is 24.9. The number of hydrogen-bond acceptors (Lipinski definition) is 4. The Morgan fingerprint density at radius 1 is 1.22 bits per heavy atom. The maximum Gasteiger partial charge on any atom is 0.331 e. The highest BCUT2D eigenvalue weighted by molar-refractivity contribution is 6.00. The molecule has 0 saturated carbocycles. The van der Waals surface area contributed by atoms with Gasteiger partial charge in [0.05, 0.1) is 7.11 Å². The number of amides is 1. The predicted molar refractivity (Wildman–Crippen MR) is 70.1 cm³/mol. The number of nitrogens with two attached hydrogens (primary N) is 1.